The van der Waals surface area contributed by atoms with Crippen LogP contribution in [-0.2, 0) is 0 Å². The highest BCUT2D eigenvalue weighted by atomic mass is 16.1. The molecule has 1 atom stereocenters. The fourth-order valence-corrected chi connectivity index (χ4v) is 1.88. The van der Waals surface area contributed by atoms with Gasteiger partial charge in [-0.05, 0) is 31.4 Å². The van der Waals surface area contributed by atoms with Crippen LogP contribution in [0.5, 0.6) is 0 Å². The van der Waals surface area contributed by atoms with Crippen molar-refractivity contribution in [2.24, 2.45) is 11.7 Å². The maximum atomic E-state index is 11.8. The molecule has 0 radical (unpaired) electrons. The molecule has 18 heavy (non-hydrogen) atoms. The highest BCUT2D eigenvalue weighted by Gasteiger charge is 2.10. The van der Waals surface area contributed by atoms with Gasteiger partial charge in [-0.2, -0.15) is 0 Å². The van der Waals surface area contributed by atoms with Crippen molar-refractivity contribution in [1.82, 2.24) is 10.3 Å². The van der Waals surface area contributed by atoms with E-state index in [-0.39, 0.29) is 11.5 Å². The van der Waals surface area contributed by atoms with Gasteiger partial charge in [-0.1, -0.05) is 13.3 Å². The second-order valence-electron chi connectivity index (χ2n) is 4.38. The number of nitrogens with one attached hydrogen (secondary N) is 2. The molecule has 4 N–H and O–H groups in total. The van der Waals surface area contributed by atoms with Crippen molar-refractivity contribution < 1.29 is 4.79 Å². The van der Waals surface area contributed by atoms with Gasteiger partial charge in [0.15, 0.2) is 0 Å². The molecule has 1 aromatic heterocycles. The zero-order valence-corrected chi connectivity index (χ0v) is 10.7. The van der Waals surface area contributed by atoms with E-state index in [1.807, 2.05) is 0 Å². The van der Waals surface area contributed by atoms with Crippen LogP contribution in [0.2, 0.25) is 0 Å². The average Bonchev–Trinajstić information content (AvgIpc) is 2.37. The molecule has 0 aliphatic rings. The Kier molecular flexibility index (Phi) is 6.14. The van der Waals surface area contributed by atoms with E-state index in [0.717, 1.165) is 19.3 Å². The number of carbonyl (C=O) groups excluding carboxylic acids is 1. The molecule has 5 heteroatoms. The van der Waals surface area contributed by atoms with Crippen molar-refractivity contribution in [3.05, 3.63) is 34.2 Å². The summed E-state index contributed by atoms with van der Waals surface area (Å²) in [4.78, 5) is 25.2. The lowest BCUT2D eigenvalue weighted by Crippen LogP contribution is -2.30. The first kappa shape index (κ1) is 14.4. The number of amides is 1. The van der Waals surface area contributed by atoms with Crippen LogP contribution in [0.3, 0.4) is 0 Å². The predicted octanol–water partition coefficient (Wildman–Crippen LogP) is 0.870. The smallest absolute Gasteiger partial charge is 0.252 e. The molecule has 100 valence electrons. The van der Waals surface area contributed by atoms with Crippen LogP contribution in [0.1, 0.15) is 36.5 Å². The predicted molar refractivity (Wildman–Crippen MR) is 71.5 cm³/mol. The van der Waals surface area contributed by atoms with Crippen LogP contribution < -0.4 is 16.6 Å². The normalized spacial score (nSPS) is 12.1. The van der Waals surface area contributed by atoms with Crippen LogP contribution >= 0.6 is 0 Å². The summed E-state index contributed by atoms with van der Waals surface area (Å²) in [7, 11) is 0. The Morgan fingerprint density at radius 1 is 1.44 bits per heavy atom. The molecular weight excluding hydrogens is 230 g/mol. The molecule has 0 aliphatic carbocycles. The van der Waals surface area contributed by atoms with E-state index < -0.39 is 0 Å². The Bertz CT molecular complexity index is 402. The number of carbonyl (C=O) groups is 1. The van der Waals surface area contributed by atoms with Crippen LogP contribution in [0.4, 0.5) is 0 Å². The van der Waals surface area contributed by atoms with Gasteiger partial charge in [0.2, 0.25) is 5.56 Å². The molecule has 0 bridgehead atoms. The maximum Gasteiger partial charge on any atom is 0.252 e. The Balaban J connectivity index is 2.48. The Morgan fingerprint density at radius 3 is 2.78 bits per heavy atom. The molecule has 0 spiro atoms. The first-order valence-corrected chi connectivity index (χ1v) is 6.34. The molecule has 0 saturated heterocycles. The summed E-state index contributed by atoms with van der Waals surface area (Å²) < 4.78 is 0. The minimum atomic E-state index is -0.210. The largest absolute Gasteiger partial charge is 0.352 e. The van der Waals surface area contributed by atoms with E-state index in [2.05, 4.69) is 17.2 Å². The highest BCUT2D eigenvalue weighted by Crippen LogP contribution is 2.09. The molecule has 0 fully saturated rings. The average molecular weight is 251 g/mol. The highest BCUT2D eigenvalue weighted by molar-refractivity contribution is 5.93. The number of hydrogen-bond donors (Lipinski definition) is 3. The Hall–Kier alpha value is -1.62. The SMILES string of the molecule is CCCC(CCN)CNC(=O)c1ccc(=O)[nH]c1. The number of pyridine rings is 1. The maximum absolute atomic E-state index is 11.8. The van der Waals surface area contributed by atoms with Crippen molar-refractivity contribution in [2.45, 2.75) is 26.2 Å². The lowest BCUT2D eigenvalue weighted by molar-refractivity contribution is 0.0945. The fourth-order valence-electron chi connectivity index (χ4n) is 1.88. The number of H-pyrrole nitrogens is 1. The molecule has 1 heterocycles. The summed E-state index contributed by atoms with van der Waals surface area (Å²) in [6, 6.07) is 2.87. The van der Waals surface area contributed by atoms with Crippen molar-refractivity contribution >= 4 is 5.91 Å². The zero-order chi connectivity index (χ0) is 13.4. The van der Waals surface area contributed by atoms with Crippen LogP contribution in [0, 0.1) is 5.92 Å². The fraction of sp³-hybridized carbons (Fsp3) is 0.538. The van der Waals surface area contributed by atoms with Gasteiger partial charge in [0.25, 0.3) is 5.91 Å². The standard InChI is InChI=1S/C13H21N3O2/c1-2-3-10(6-7-14)8-16-13(18)11-4-5-12(17)15-9-11/h4-5,9-10H,2-3,6-8,14H2,1H3,(H,15,17)(H,16,18). The first-order chi connectivity index (χ1) is 8.67. The van der Waals surface area contributed by atoms with Crippen molar-refractivity contribution in [2.75, 3.05) is 13.1 Å². The second-order valence-corrected chi connectivity index (χ2v) is 4.38. The molecule has 5 nitrogen and oxygen atoms in total. The van der Waals surface area contributed by atoms with Crippen molar-refractivity contribution in [3.8, 4) is 0 Å². The summed E-state index contributed by atoms with van der Waals surface area (Å²) in [5.74, 6) is 0.260. The van der Waals surface area contributed by atoms with Crippen LogP contribution in [0.15, 0.2) is 23.1 Å². The van der Waals surface area contributed by atoms with Crippen molar-refractivity contribution in [3.63, 3.8) is 0 Å². The monoisotopic (exact) mass is 251 g/mol. The Labute approximate surface area is 107 Å². The van der Waals surface area contributed by atoms with Crippen LogP contribution in [-0.4, -0.2) is 24.0 Å². The topological polar surface area (TPSA) is 88.0 Å². The van der Waals surface area contributed by atoms with Gasteiger partial charge in [-0.3, -0.25) is 9.59 Å². The molecule has 1 rings (SSSR count). The molecule has 1 aromatic rings. The molecule has 0 aliphatic heterocycles. The third kappa shape index (κ3) is 4.71. The molecule has 1 amide bonds. The van der Waals surface area contributed by atoms with Crippen molar-refractivity contribution in [1.29, 1.82) is 0 Å². The van der Waals surface area contributed by atoms with Gasteiger partial charge in [-0.15, -0.1) is 0 Å². The van der Waals surface area contributed by atoms with Gasteiger partial charge >= 0.3 is 0 Å². The number of aromatic nitrogens is 1. The summed E-state index contributed by atoms with van der Waals surface area (Å²) in [5, 5.41) is 2.87. The van der Waals surface area contributed by atoms with E-state index in [1.165, 1.54) is 18.3 Å². The van der Waals surface area contributed by atoms with E-state index in [4.69, 9.17) is 5.73 Å². The van der Waals surface area contributed by atoms with Gasteiger partial charge < -0.3 is 16.0 Å². The molecule has 0 saturated carbocycles. The lowest BCUT2D eigenvalue weighted by atomic mass is 10.00. The van der Waals surface area contributed by atoms with E-state index in [1.54, 1.807) is 0 Å². The minimum Gasteiger partial charge on any atom is -0.352 e. The molecular formula is C13H21N3O2. The summed E-state index contributed by atoms with van der Waals surface area (Å²) in [6.07, 6.45) is 4.48. The van der Waals surface area contributed by atoms with E-state index >= 15 is 0 Å². The summed E-state index contributed by atoms with van der Waals surface area (Å²) in [6.45, 7) is 3.38. The van der Waals surface area contributed by atoms with Gasteiger partial charge in [0.05, 0.1) is 5.56 Å². The molecule has 1 unspecified atom stereocenters. The quantitative estimate of drug-likeness (QED) is 0.672. The van der Waals surface area contributed by atoms with Crippen LogP contribution in [0.25, 0.3) is 0 Å². The molecule has 0 aromatic carbocycles. The van der Waals surface area contributed by atoms with Gasteiger partial charge in [0.1, 0.15) is 0 Å². The summed E-state index contributed by atoms with van der Waals surface area (Å²) >= 11 is 0. The number of hydrogen-bond acceptors (Lipinski definition) is 3. The van der Waals surface area contributed by atoms with Gasteiger partial charge in [-0.25, -0.2) is 0 Å². The van der Waals surface area contributed by atoms with E-state index in [0.29, 0.717) is 24.6 Å². The summed E-state index contributed by atoms with van der Waals surface area (Å²) in [5.41, 5.74) is 5.80. The third-order valence-corrected chi connectivity index (χ3v) is 2.87. The van der Waals surface area contributed by atoms with E-state index in [9.17, 15) is 9.59 Å². The third-order valence-electron chi connectivity index (χ3n) is 2.87. The number of rotatable bonds is 7. The lowest BCUT2D eigenvalue weighted by Gasteiger charge is -2.15. The minimum absolute atomic E-state index is 0.163. The van der Waals surface area contributed by atoms with Gasteiger partial charge in [0, 0.05) is 18.8 Å². The number of aromatic amines is 1. The zero-order valence-electron chi connectivity index (χ0n) is 10.7. The Morgan fingerprint density at radius 2 is 2.22 bits per heavy atom. The first-order valence-electron chi connectivity index (χ1n) is 6.34. The number of nitrogens with two attached hydrogens (primary N) is 1. The second kappa shape index (κ2) is 7.66.